The Morgan fingerprint density at radius 2 is 2.00 bits per heavy atom. The van der Waals surface area contributed by atoms with E-state index in [1.807, 2.05) is 30.3 Å². The van der Waals surface area contributed by atoms with Crippen molar-refractivity contribution in [1.82, 2.24) is 10.1 Å². The highest BCUT2D eigenvalue weighted by Gasteiger charge is 2.20. The van der Waals surface area contributed by atoms with E-state index in [4.69, 9.17) is 4.52 Å². The van der Waals surface area contributed by atoms with Crippen LogP contribution in [-0.2, 0) is 9.53 Å². The zero-order valence-corrected chi connectivity index (χ0v) is 11.2. The van der Waals surface area contributed by atoms with Crippen LogP contribution in [0.15, 0.2) is 40.9 Å². The molecule has 1 aromatic heterocycles. The van der Waals surface area contributed by atoms with Crippen LogP contribution in [-0.4, -0.2) is 42.6 Å². The van der Waals surface area contributed by atoms with Gasteiger partial charge >= 0.3 is 5.97 Å². The van der Waals surface area contributed by atoms with Crippen LogP contribution in [0.25, 0.3) is 11.3 Å². The molecule has 104 valence electrons. The predicted molar refractivity (Wildman–Crippen MR) is 70.9 cm³/mol. The molecule has 0 aliphatic carbocycles. The first kappa shape index (κ1) is 13.8. The van der Waals surface area contributed by atoms with Crippen molar-refractivity contribution in [3.05, 3.63) is 42.2 Å². The van der Waals surface area contributed by atoms with Crippen molar-refractivity contribution < 1.29 is 18.8 Å². The molecular weight excluding hydrogens is 260 g/mol. The average molecular weight is 274 g/mol. The number of ether oxygens (including phenoxy) is 1. The van der Waals surface area contributed by atoms with Crippen LogP contribution in [0.5, 0.6) is 0 Å². The Morgan fingerprint density at radius 1 is 1.30 bits per heavy atom. The van der Waals surface area contributed by atoms with Gasteiger partial charge in [-0.3, -0.25) is 9.59 Å². The molecule has 1 aromatic carbocycles. The maximum absolute atomic E-state index is 12.0. The van der Waals surface area contributed by atoms with Crippen molar-refractivity contribution in [3.8, 4) is 11.3 Å². The number of amides is 1. The summed E-state index contributed by atoms with van der Waals surface area (Å²) >= 11 is 0. The second-order valence-corrected chi connectivity index (χ2v) is 4.18. The van der Waals surface area contributed by atoms with Crippen molar-refractivity contribution in [1.29, 1.82) is 0 Å². The highest BCUT2D eigenvalue weighted by Crippen LogP contribution is 2.19. The van der Waals surface area contributed by atoms with E-state index >= 15 is 0 Å². The number of carbonyl (C=O) groups excluding carboxylic acids is 2. The van der Waals surface area contributed by atoms with Gasteiger partial charge in [-0.2, -0.15) is 0 Å². The van der Waals surface area contributed by atoms with E-state index < -0.39 is 11.9 Å². The van der Waals surface area contributed by atoms with E-state index in [2.05, 4.69) is 9.89 Å². The van der Waals surface area contributed by atoms with E-state index in [1.165, 1.54) is 19.1 Å². The lowest BCUT2D eigenvalue weighted by Gasteiger charge is -2.12. The first-order valence-corrected chi connectivity index (χ1v) is 5.96. The zero-order chi connectivity index (χ0) is 14.5. The molecule has 1 heterocycles. The van der Waals surface area contributed by atoms with Gasteiger partial charge < -0.3 is 14.2 Å². The number of benzene rings is 1. The molecule has 0 saturated carbocycles. The van der Waals surface area contributed by atoms with E-state index in [0.717, 1.165) is 5.56 Å². The number of likely N-dealkylation sites (N-methyl/N-ethyl adjacent to an activating group) is 1. The van der Waals surface area contributed by atoms with E-state index in [0.29, 0.717) is 5.69 Å². The van der Waals surface area contributed by atoms with Crippen molar-refractivity contribution in [3.63, 3.8) is 0 Å². The van der Waals surface area contributed by atoms with E-state index in [-0.39, 0.29) is 12.3 Å². The molecule has 0 aliphatic rings. The number of aromatic nitrogens is 1. The van der Waals surface area contributed by atoms with Gasteiger partial charge in [0.15, 0.2) is 0 Å². The van der Waals surface area contributed by atoms with Crippen LogP contribution in [0, 0.1) is 0 Å². The predicted octanol–water partition coefficient (Wildman–Crippen LogP) is 1.59. The average Bonchev–Trinajstić information content (AvgIpc) is 2.97. The standard InChI is InChI=1S/C14H14N2O4/c1-16(9-13(17)19-2)14(18)12-8-11(15-20-12)10-6-4-3-5-7-10/h3-8H,9H2,1-2H3. The Morgan fingerprint density at radius 3 is 2.65 bits per heavy atom. The van der Waals surface area contributed by atoms with E-state index in [9.17, 15) is 9.59 Å². The maximum atomic E-state index is 12.0. The summed E-state index contributed by atoms with van der Waals surface area (Å²) < 4.78 is 9.53. The molecule has 6 heteroatoms. The van der Waals surface area contributed by atoms with Crippen LogP contribution >= 0.6 is 0 Å². The Kier molecular flexibility index (Phi) is 4.14. The Hall–Kier alpha value is -2.63. The lowest BCUT2D eigenvalue weighted by molar-refractivity contribution is -0.141. The molecule has 0 N–H and O–H groups in total. The smallest absolute Gasteiger partial charge is 0.325 e. The molecule has 0 radical (unpaired) electrons. The third kappa shape index (κ3) is 3.03. The van der Waals surface area contributed by atoms with E-state index in [1.54, 1.807) is 6.07 Å². The Labute approximate surface area is 115 Å². The van der Waals surface area contributed by atoms with Gasteiger partial charge in [0.1, 0.15) is 12.2 Å². The zero-order valence-electron chi connectivity index (χ0n) is 11.2. The second-order valence-electron chi connectivity index (χ2n) is 4.18. The highest BCUT2D eigenvalue weighted by molar-refractivity contribution is 5.94. The number of carbonyl (C=O) groups is 2. The van der Waals surface area contributed by atoms with Gasteiger partial charge in [0.05, 0.1) is 7.11 Å². The minimum atomic E-state index is -0.497. The maximum Gasteiger partial charge on any atom is 0.325 e. The summed E-state index contributed by atoms with van der Waals surface area (Å²) in [7, 11) is 2.76. The Balaban J connectivity index is 2.12. The normalized spacial score (nSPS) is 10.1. The molecule has 0 saturated heterocycles. The summed E-state index contributed by atoms with van der Waals surface area (Å²) in [6.45, 7) is -0.142. The minimum absolute atomic E-state index is 0.0789. The van der Waals surface area contributed by atoms with Gasteiger partial charge in [-0.15, -0.1) is 0 Å². The molecule has 2 aromatic rings. The van der Waals surface area contributed by atoms with Crippen LogP contribution in [0.3, 0.4) is 0 Å². The van der Waals surface area contributed by atoms with Crippen LogP contribution in [0.2, 0.25) is 0 Å². The van der Waals surface area contributed by atoms with Gasteiger partial charge in [0, 0.05) is 18.7 Å². The summed E-state index contributed by atoms with van der Waals surface area (Å²) in [4.78, 5) is 24.4. The number of esters is 1. The fourth-order valence-corrected chi connectivity index (χ4v) is 1.64. The number of methoxy groups -OCH3 is 1. The fraction of sp³-hybridized carbons (Fsp3) is 0.214. The topological polar surface area (TPSA) is 72.6 Å². The molecule has 0 spiro atoms. The third-order valence-corrected chi connectivity index (χ3v) is 2.73. The van der Waals surface area contributed by atoms with Crippen molar-refractivity contribution in [2.24, 2.45) is 0 Å². The number of hydrogen-bond donors (Lipinski definition) is 0. The molecule has 2 rings (SSSR count). The fourth-order valence-electron chi connectivity index (χ4n) is 1.64. The summed E-state index contributed by atoms with van der Waals surface area (Å²) in [5, 5.41) is 3.85. The number of rotatable bonds is 4. The molecule has 1 amide bonds. The quantitative estimate of drug-likeness (QED) is 0.791. The summed E-state index contributed by atoms with van der Waals surface area (Å²) in [6, 6.07) is 10.9. The summed E-state index contributed by atoms with van der Waals surface area (Å²) in [5.74, 6) is -0.844. The van der Waals surface area contributed by atoms with Crippen molar-refractivity contribution in [2.45, 2.75) is 0 Å². The number of hydrogen-bond acceptors (Lipinski definition) is 5. The van der Waals surface area contributed by atoms with Crippen LogP contribution < -0.4 is 0 Å². The van der Waals surface area contributed by atoms with Crippen molar-refractivity contribution >= 4 is 11.9 Å². The van der Waals surface area contributed by atoms with Crippen molar-refractivity contribution in [2.75, 3.05) is 20.7 Å². The van der Waals surface area contributed by atoms with Crippen LogP contribution in [0.4, 0.5) is 0 Å². The molecular formula is C14H14N2O4. The molecule has 0 atom stereocenters. The first-order valence-electron chi connectivity index (χ1n) is 5.96. The largest absolute Gasteiger partial charge is 0.468 e. The molecule has 0 fully saturated rings. The third-order valence-electron chi connectivity index (χ3n) is 2.73. The minimum Gasteiger partial charge on any atom is -0.468 e. The van der Waals surface area contributed by atoms with Gasteiger partial charge in [0.25, 0.3) is 5.91 Å². The lowest BCUT2D eigenvalue weighted by Crippen LogP contribution is -2.32. The molecule has 0 aliphatic heterocycles. The van der Waals surface area contributed by atoms with Crippen LogP contribution in [0.1, 0.15) is 10.6 Å². The first-order chi connectivity index (χ1) is 9.61. The summed E-state index contributed by atoms with van der Waals surface area (Å²) in [6.07, 6.45) is 0. The number of nitrogens with zero attached hydrogens (tertiary/aromatic N) is 2. The van der Waals surface area contributed by atoms with Gasteiger partial charge in [-0.25, -0.2) is 0 Å². The van der Waals surface area contributed by atoms with Gasteiger partial charge in [-0.05, 0) is 0 Å². The molecule has 0 unspecified atom stereocenters. The lowest BCUT2D eigenvalue weighted by atomic mass is 10.1. The molecule has 6 nitrogen and oxygen atoms in total. The summed E-state index contributed by atoms with van der Waals surface area (Å²) in [5.41, 5.74) is 1.42. The SMILES string of the molecule is COC(=O)CN(C)C(=O)c1cc(-c2ccccc2)no1. The monoisotopic (exact) mass is 274 g/mol. The molecule has 20 heavy (non-hydrogen) atoms. The molecule has 0 bridgehead atoms. The highest BCUT2D eigenvalue weighted by atomic mass is 16.5. The van der Waals surface area contributed by atoms with Gasteiger partial charge in [0.2, 0.25) is 5.76 Å². The Bertz CT molecular complexity index is 607. The second kappa shape index (κ2) is 6.01. The van der Waals surface area contributed by atoms with Gasteiger partial charge in [-0.1, -0.05) is 35.5 Å².